The largest absolute Gasteiger partial charge is 0.480 e. The van der Waals surface area contributed by atoms with E-state index in [0.29, 0.717) is 18.9 Å². The molecule has 1 aliphatic rings. The molecule has 0 bridgehead atoms. The Morgan fingerprint density at radius 2 is 2.37 bits per heavy atom. The summed E-state index contributed by atoms with van der Waals surface area (Å²) in [4.78, 5) is 18.3. The minimum Gasteiger partial charge on any atom is -0.480 e. The average Bonchev–Trinajstić information content (AvgIpc) is 2.96. The normalized spacial score (nSPS) is 24.2. The molecule has 1 atom stereocenters. The van der Waals surface area contributed by atoms with Crippen LogP contribution in [-0.2, 0) is 11.3 Å². The Balaban J connectivity index is 2.14. The Morgan fingerprint density at radius 1 is 1.63 bits per heavy atom. The Labute approximate surface area is 118 Å². The smallest absolute Gasteiger partial charge is 0.324 e. The molecule has 1 saturated heterocycles. The van der Waals surface area contributed by atoms with Gasteiger partial charge in [0.2, 0.25) is 0 Å². The van der Waals surface area contributed by atoms with Crippen LogP contribution < -0.4 is 0 Å². The molecule has 0 radical (unpaired) electrons. The standard InChI is InChI=1S/C14H22N2O2S/c1-4-14(13(17)18)6-5-7-16(14)8-11-9-19-12(15-11)10(2)3/h9-10H,4-8H2,1-3H3,(H,17,18). The fourth-order valence-corrected chi connectivity index (χ4v) is 3.64. The molecule has 5 heteroatoms. The first-order chi connectivity index (χ1) is 8.99. The first-order valence-corrected chi connectivity index (χ1v) is 7.80. The maximum atomic E-state index is 11.6. The van der Waals surface area contributed by atoms with Crippen molar-refractivity contribution >= 4 is 17.3 Å². The van der Waals surface area contributed by atoms with E-state index in [9.17, 15) is 9.90 Å². The maximum Gasteiger partial charge on any atom is 0.324 e. The topological polar surface area (TPSA) is 53.4 Å². The average molecular weight is 282 g/mol. The molecule has 0 spiro atoms. The summed E-state index contributed by atoms with van der Waals surface area (Å²) in [6, 6.07) is 0. The minimum absolute atomic E-state index is 0.438. The summed E-state index contributed by atoms with van der Waals surface area (Å²) in [5.74, 6) is -0.250. The zero-order valence-corrected chi connectivity index (χ0v) is 12.7. The molecule has 1 aliphatic heterocycles. The molecule has 1 fully saturated rings. The van der Waals surface area contributed by atoms with E-state index in [1.807, 2.05) is 6.92 Å². The fourth-order valence-electron chi connectivity index (χ4n) is 2.81. The predicted octanol–water partition coefficient (Wildman–Crippen LogP) is 3.10. The highest BCUT2D eigenvalue weighted by Gasteiger charge is 2.46. The van der Waals surface area contributed by atoms with Crippen LogP contribution in [0.2, 0.25) is 0 Å². The molecule has 1 aromatic heterocycles. The molecule has 1 N–H and O–H groups in total. The second-order valence-corrected chi connectivity index (χ2v) is 6.44. The van der Waals surface area contributed by atoms with Gasteiger partial charge in [0.25, 0.3) is 0 Å². The third kappa shape index (κ3) is 2.67. The predicted molar refractivity (Wildman–Crippen MR) is 76.5 cm³/mol. The second-order valence-electron chi connectivity index (χ2n) is 5.55. The van der Waals surface area contributed by atoms with Gasteiger partial charge in [0.1, 0.15) is 5.54 Å². The highest BCUT2D eigenvalue weighted by molar-refractivity contribution is 7.09. The van der Waals surface area contributed by atoms with E-state index in [2.05, 4.69) is 29.1 Å². The maximum absolute atomic E-state index is 11.6. The zero-order valence-electron chi connectivity index (χ0n) is 11.8. The first kappa shape index (κ1) is 14.5. The Hall–Kier alpha value is -0.940. The molecule has 0 amide bonds. The fraction of sp³-hybridized carbons (Fsp3) is 0.714. The summed E-state index contributed by atoms with van der Waals surface area (Å²) in [5.41, 5.74) is 0.330. The number of aliphatic carboxylic acids is 1. The van der Waals surface area contributed by atoms with Crippen LogP contribution in [0.25, 0.3) is 0 Å². The highest BCUT2D eigenvalue weighted by atomic mass is 32.1. The molecule has 0 saturated carbocycles. The third-order valence-electron chi connectivity index (χ3n) is 4.02. The molecule has 106 valence electrons. The van der Waals surface area contributed by atoms with Crippen molar-refractivity contribution in [2.24, 2.45) is 0 Å². The lowest BCUT2D eigenvalue weighted by molar-refractivity contribution is -0.150. The van der Waals surface area contributed by atoms with E-state index in [-0.39, 0.29) is 0 Å². The van der Waals surface area contributed by atoms with Gasteiger partial charge in [0.05, 0.1) is 10.7 Å². The lowest BCUT2D eigenvalue weighted by Gasteiger charge is -2.33. The number of rotatable bonds is 5. The number of carbonyl (C=O) groups is 1. The van der Waals surface area contributed by atoms with Crippen molar-refractivity contribution in [1.29, 1.82) is 0 Å². The summed E-state index contributed by atoms with van der Waals surface area (Å²) in [6.07, 6.45) is 2.37. The molecule has 0 aromatic carbocycles. The van der Waals surface area contributed by atoms with Crippen LogP contribution in [0.4, 0.5) is 0 Å². The van der Waals surface area contributed by atoms with Crippen molar-refractivity contribution in [3.63, 3.8) is 0 Å². The lowest BCUT2D eigenvalue weighted by atomic mass is 9.93. The van der Waals surface area contributed by atoms with Gasteiger partial charge in [-0.15, -0.1) is 11.3 Å². The van der Waals surface area contributed by atoms with Gasteiger partial charge in [0, 0.05) is 17.8 Å². The number of likely N-dealkylation sites (tertiary alicyclic amines) is 1. The van der Waals surface area contributed by atoms with Crippen molar-refractivity contribution in [2.45, 2.75) is 58.0 Å². The third-order valence-corrected chi connectivity index (χ3v) is 5.22. The van der Waals surface area contributed by atoms with Crippen LogP contribution in [0.3, 0.4) is 0 Å². The van der Waals surface area contributed by atoms with E-state index < -0.39 is 11.5 Å². The number of hydrogen-bond acceptors (Lipinski definition) is 4. The van der Waals surface area contributed by atoms with Crippen molar-refractivity contribution < 1.29 is 9.90 Å². The van der Waals surface area contributed by atoms with Crippen LogP contribution in [0, 0.1) is 0 Å². The Morgan fingerprint density at radius 3 is 2.89 bits per heavy atom. The van der Waals surface area contributed by atoms with Crippen LogP contribution in [0.1, 0.15) is 56.7 Å². The quantitative estimate of drug-likeness (QED) is 0.901. The van der Waals surface area contributed by atoms with Gasteiger partial charge in [-0.2, -0.15) is 0 Å². The molecule has 2 heterocycles. The summed E-state index contributed by atoms with van der Waals surface area (Å²) in [6.45, 7) is 7.74. The van der Waals surface area contributed by atoms with Gasteiger partial charge in [-0.3, -0.25) is 9.69 Å². The number of carboxylic acids is 1. The van der Waals surface area contributed by atoms with Crippen LogP contribution in [0.15, 0.2) is 5.38 Å². The number of aromatic nitrogens is 1. The molecule has 0 aliphatic carbocycles. The van der Waals surface area contributed by atoms with Crippen LogP contribution in [-0.4, -0.2) is 33.0 Å². The first-order valence-electron chi connectivity index (χ1n) is 6.92. The molecule has 2 rings (SSSR count). The second kappa shape index (κ2) is 5.59. The van der Waals surface area contributed by atoms with Gasteiger partial charge >= 0.3 is 5.97 Å². The summed E-state index contributed by atoms with van der Waals surface area (Å²) in [5, 5.41) is 12.7. The van der Waals surface area contributed by atoms with E-state index >= 15 is 0 Å². The van der Waals surface area contributed by atoms with E-state index in [0.717, 1.165) is 30.1 Å². The number of carboxylic acid groups (broad SMARTS) is 1. The van der Waals surface area contributed by atoms with Crippen LogP contribution >= 0.6 is 11.3 Å². The Kier molecular flexibility index (Phi) is 4.26. The SMILES string of the molecule is CCC1(C(=O)O)CCCN1Cc1csc(C(C)C)n1. The number of thiazole rings is 1. The summed E-state index contributed by atoms with van der Waals surface area (Å²) < 4.78 is 0. The minimum atomic E-state index is -0.688. The van der Waals surface area contributed by atoms with Crippen LogP contribution in [0.5, 0.6) is 0 Å². The van der Waals surface area contributed by atoms with Gasteiger partial charge in [-0.1, -0.05) is 20.8 Å². The lowest BCUT2D eigenvalue weighted by Crippen LogP contribution is -2.49. The monoisotopic (exact) mass is 282 g/mol. The van der Waals surface area contributed by atoms with Crippen molar-refractivity contribution in [1.82, 2.24) is 9.88 Å². The van der Waals surface area contributed by atoms with Gasteiger partial charge in [0.15, 0.2) is 0 Å². The van der Waals surface area contributed by atoms with Gasteiger partial charge in [-0.25, -0.2) is 4.98 Å². The van der Waals surface area contributed by atoms with E-state index in [1.54, 1.807) is 11.3 Å². The molecular weight excluding hydrogens is 260 g/mol. The van der Waals surface area contributed by atoms with E-state index in [1.165, 1.54) is 0 Å². The highest BCUT2D eigenvalue weighted by Crippen LogP contribution is 2.34. The number of nitrogens with zero attached hydrogens (tertiary/aromatic N) is 2. The van der Waals surface area contributed by atoms with Crippen molar-refractivity contribution in [2.75, 3.05) is 6.54 Å². The molecule has 4 nitrogen and oxygen atoms in total. The van der Waals surface area contributed by atoms with Gasteiger partial charge in [-0.05, 0) is 25.8 Å². The molecule has 1 aromatic rings. The van der Waals surface area contributed by atoms with Gasteiger partial charge < -0.3 is 5.11 Å². The molecular formula is C14H22N2O2S. The summed E-state index contributed by atoms with van der Waals surface area (Å²) in [7, 11) is 0. The molecule has 19 heavy (non-hydrogen) atoms. The zero-order chi connectivity index (χ0) is 14.0. The van der Waals surface area contributed by atoms with E-state index in [4.69, 9.17) is 0 Å². The van der Waals surface area contributed by atoms with Crippen molar-refractivity contribution in [3.05, 3.63) is 16.1 Å². The molecule has 1 unspecified atom stereocenters. The summed E-state index contributed by atoms with van der Waals surface area (Å²) >= 11 is 1.67. The number of hydrogen-bond donors (Lipinski definition) is 1. The van der Waals surface area contributed by atoms with Crippen molar-refractivity contribution in [3.8, 4) is 0 Å². The Bertz CT molecular complexity index is 458.